The summed E-state index contributed by atoms with van der Waals surface area (Å²) < 4.78 is 0. The summed E-state index contributed by atoms with van der Waals surface area (Å²) in [7, 11) is 0. The van der Waals surface area contributed by atoms with Crippen molar-refractivity contribution in [2.24, 2.45) is 0 Å². The first-order valence-electron chi connectivity index (χ1n) is 5.67. The fourth-order valence-corrected chi connectivity index (χ4v) is 1.75. The Morgan fingerprint density at radius 2 is 1.72 bits per heavy atom. The van der Waals surface area contributed by atoms with Gasteiger partial charge >= 0.3 is 0 Å². The molecule has 0 spiro atoms. The lowest BCUT2D eigenvalue weighted by Crippen LogP contribution is -2.39. The highest BCUT2D eigenvalue weighted by Crippen LogP contribution is 2.21. The van der Waals surface area contributed by atoms with E-state index in [1.54, 1.807) is 18.2 Å². The van der Waals surface area contributed by atoms with E-state index in [0.29, 0.717) is 5.52 Å². The lowest BCUT2D eigenvalue weighted by molar-refractivity contribution is -0.103. The maximum atomic E-state index is 9.89. The van der Waals surface area contributed by atoms with Crippen LogP contribution in [0.4, 0.5) is 0 Å². The average Bonchev–Trinajstić information content (AvgIpc) is 2.79. The minimum Gasteiger partial charge on any atom is -0.391 e. The molecule has 0 radical (unpaired) electrons. The quantitative estimate of drug-likeness (QED) is 0.513. The van der Waals surface area contributed by atoms with Gasteiger partial charge < -0.3 is 25.4 Å². The number of benzene rings is 1. The summed E-state index contributed by atoms with van der Waals surface area (Å²) in [6.07, 6.45) is -5.47. The highest BCUT2D eigenvalue weighted by Gasteiger charge is 2.30. The molecule has 0 aliphatic rings. The Morgan fingerprint density at radius 1 is 1.06 bits per heavy atom. The largest absolute Gasteiger partial charge is 0.391 e. The lowest BCUT2D eigenvalue weighted by Gasteiger charge is -2.23. The molecule has 98 valence electrons. The average molecular weight is 252 g/mol. The van der Waals surface area contributed by atoms with Gasteiger partial charge in [0.25, 0.3) is 0 Å². The first-order chi connectivity index (χ1) is 8.50. The van der Waals surface area contributed by atoms with Crippen LogP contribution in [-0.2, 0) is 0 Å². The molecule has 5 N–H and O–H groups in total. The van der Waals surface area contributed by atoms with Crippen molar-refractivity contribution in [3.05, 3.63) is 30.1 Å². The van der Waals surface area contributed by atoms with Crippen LogP contribution in [0.5, 0.6) is 0 Å². The van der Waals surface area contributed by atoms with Crippen molar-refractivity contribution >= 4 is 11.0 Å². The highest BCUT2D eigenvalue weighted by atomic mass is 16.4. The van der Waals surface area contributed by atoms with Gasteiger partial charge in [-0.2, -0.15) is 0 Å². The third-order valence-electron chi connectivity index (χ3n) is 2.86. The predicted octanol–water partition coefficient (Wildman–Crippen LogP) is -0.301. The smallest absolute Gasteiger partial charge is 0.140 e. The number of nitrogens with one attached hydrogen (secondary N) is 1. The molecule has 0 amide bonds. The molecule has 1 aromatic heterocycles. The molecule has 0 aliphatic carbocycles. The number of H-pyrrole nitrogens is 1. The van der Waals surface area contributed by atoms with Gasteiger partial charge in [-0.3, -0.25) is 0 Å². The Kier molecular flexibility index (Phi) is 3.63. The van der Waals surface area contributed by atoms with Crippen LogP contribution in [0, 0.1) is 0 Å². The van der Waals surface area contributed by atoms with Gasteiger partial charge in [0.1, 0.15) is 24.1 Å². The Morgan fingerprint density at radius 3 is 2.33 bits per heavy atom. The zero-order valence-corrected chi connectivity index (χ0v) is 9.85. The number of hydrogen-bond donors (Lipinski definition) is 5. The van der Waals surface area contributed by atoms with Gasteiger partial charge in [0.05, 0.1) is 17.1 Å². The number of rotatable bonds is 4. The van der Waals surface area contributed by atoms with E-state index in [1.807, 2.05) is 6.07 Å². The lowest BCUT2D eigenvalue weighted by atomic mass is 10.0. The van der Waals surface area contributed by atoms with E-state index in [9.17, 15) is 20.4 Å². The molecule has 2 aromatic rings. The van der Waals surface area contributed by atoms with Crippen LogP contribution in [0.25, 0.3) is 11.0 Å². The zero-order valence-electron chi connectivity index (χ0n) is 9.85. The molecule has 0 aliphatic heterocycles. The van der Waals surface area contributed by atoms with Crippen molar-refractivity contribution < 1.29 is 20.4 Å². The summed E-state index contributed by atoms with van der Waals surface area (Å²) in [4.78, 5) is 6.97. The van der Waals surface area contributed by atoms with Gasteiger partial charge in [-0.05, 0) is 19.1 Å². The fourth-order valence-electron chi connectivity index (χ4n) is 1.75. The number of fused-ring (bicyclic) bond motifs is 1. The van der Waals surface area contributed by atoms with Gasteiger partial charge in [-0.1, -0.05) is 12.1 Å². The highest BCUT2D eigenvalue weighted by molar-refractivity contribution is 5.74. The molecule has 2 rings (SSSR count). The topological polar surface area (TPSA) is 110 Å². The SMILES string of the molecule is C[C@H](O)[C@H](O)[C@H](O)[C@@H](O)c1nc2ccccc2[nH]1. The molecule has 18 heavy (non-hydrogen) atoms. The molecule has 0 saturated carbocycles. The third kappa shape index (κ3) is 2.37. The first-order valence-corrected chi connectivity index (χ1v) is 5.67. The maximum Gasteiger partial charge on any atom is 0.140 e. The summed E-state index contributed by atoms with van der Waals surface area (Å²) in [5.41, 5.74) is 1.38. The van der Waals surface area contributed by atoms with Crippen molar-refractivity contribution in [3.63, 3.8) is 0 Å². The van der Waals surface area contributed by atoms with Crippen LogP contribution >= 0.6 is 0 Å². The van der Waals surface area contributed by atoms with Crippen molar-refractivity contribution in [2.45, 2.75) is 31.3 Å². The summed E-state index contributed by atoms with van der Waals surface area (Å²) >= 11 is 0. The van der Waals surface area contributed by atoms with E-state index in [1.165, 1.54) is 6.92 Å². The third-order valence-corrected chi connectivity index (χ3v) is 2.86. The van der Waals surface area contributed by atoms with E-state index in [4.69, 9.17) is 0 Å². The number of aliphatic hydroxyl groups excluding tert-OH is 4. The monoisotopic (exact) mass is 252 g/mol. The first kappa shape index (κ1) is 13.0. The number of aromatic amines is 1. The summed E-state index contributed by atoms with van der Waals surface area (Å²) in [5.74, 6) is 0.156. The summed E-state index contributed by atoms with van der Waals surface area (Å²) in [5, 5.41) is 38.3. The molecule has 0 fully saturated rings. The molecule has 1 heterocycles. The van der Waals surface area contributed by atoms with Crippen LogP contribution in [-0.4, -0.2) is 48.7 Å². The van der Waals surface area contributed by atoms with Crippen molar-refractivity contribution in [1.82, 2.24) is 9.97 Å². The zero-order chi connectivity index (χ0) is 13.3. The van der Waals surface area contributed by atoms with Crippen molar-refractivity contribution in [3.8, 4) is 0 Å². The molecule has 1 aromatic carbocycles. The second-order valence-corrected chi connectivity index (χ2v) is 4.31. The van der Waals surface area contributed by atoms with Crippen molar-refractivity contribution in [2.75, 3.05) is 0 Å². The maximum absolute atomic E-state index is 9.89. The number of nitrogens with zero attached hydrogens (tertiary/aromatic N) is 1. The normalized spacial score (nSPS) is 18.5. The second kappa shape index (κ2) is 5.03. The molecular formula is C12H16N2O4. The van der Waals surface area contributed by atoms with Gasteiger partial charge in [-0.15, -0.1) is 0 Å². The Bertz CT molecular complexity index is 493. The van der Waals surface area contributed by atoms with Crippen molar-refractivity contribution in [1.29, 1.82) is 0 Å². The molecule has 4 atom stereocenters. The van der Waals surface area contributed by atoms with Gasteiger partial charge in [-0.25, -0.2) is 4.98 Å². The molecule has 0 bridgehead atoms. The second-order valence-electron chi connectivity index (χ2n) is 4.31. The Balaban J connectivity index is 2.25. The predicted molar refractivity (Wildman–Crippen MR) is 64.7 cm³/mol. The van der Waals surface area contributed by atoms with Crippen LogP contribution in [0.15, 0.2) is 24.3 Å². The van der Waals surface area contributed by atoms with Crippen LogP contribution in [0.2, 0.25) is 0 Å². The van der Waals surface area contributed by atoms with Gasteiger partial charge in [0.15, 0.2) is 0 Å². The molecule has 6 nitrogen and oxygen atoms in total. The Labute approximate surface area is 104 Å². The van der Waals surface area contributed by atoms with Crippen LogP contribution < -0.4 is 0 Å². The van der Waals surface area contributed by atoms with Crippen LogP contribution in [0.3, 0.4) is 0 Å². The van der Waals surface area contributed by atoms with E-state index >= 15 is 0 Å². The standard InChI is InChI=1S/C12H16N2O4/c1-6(15)9(16)10(17)11(18)12-13-7-4-2-3-5-8(7)14-12/h2-6,9-11,15-18H,1H3,(H,13,14)/t6-,9-,10-,11+/m0/s1. The van der Waals surface area contributed by atoms with E-state index in [0.717, 1.165) is 5.52 Å². The van der Waals surface area contributed by atoms with Crippen LogP contribution in [0.1, 0.15) is 18.9 Å². The Hall–Kier alpha value is -1.47. The molecule has 0 saturated heterocycles. The van der Waals surface area contributed by atoms with E-state index < -0.39 is 24.4 Å². The molecular weight excluding hydrogens is 236 g/mol. The number of para-hydroxylation sites is 2. The van der Waals surface area contributed by atoms with E-state index in [-0.39, 0.29) is 5.82 Å². The molecule has 0 unspecified atom stereocenters. The number of aromatic nitrogens is 2. The fraction of sp³-hybridized carbons (Fsp3) is 0.417. The van der Waals surface area contributed by atoms with Gasteiger partial charge in [0, 0.05) is 0 Å². The van der Waals surface area contributed by atoms with Gasteiger partial charge in [0.2, 0.25) is 0 Å². The number of imidazole rings is 1. The number of hydrogen-bond acceptors (Lipinski definition) is 5. The summed E-state index contributed by atoms with van der Waals surface area (Å²) in [6.45, 7) is 1.33. The minimum atomic E-state index is -1.51. The summed E-state index contributed by atoms with van der Waals surface area (Å²) in [6, 6.07) is 7.17. The van der Waals surface area contributed by atoms with E-state index in [2.05, 4.69) is 9.97 Å². The molecule has 6 heteroatoms. The number of aliphatic hydroxyl groups is 4. The minimum absolute atomic E-state index is 0.156.